The molecule has 3 aromatic rings. The highest BCUT2D eigenvalue weighted by Gasteiger charge is 2.32. The van der Waals surface area contributed by atoms with E-state index in [1.54, 1.807) is 31.5 Å². The van der Waals surface area contributed by atoms with Gasteiger partial charge in [0.1, 0.15) is 0 Å². The molecule has 1 aromatic heterocycles. The van der Waals surface area contributed by atoms with Gasteiger partial charge in [0.15, 0.2) is 0 Å². The number of hydrogen-bond acceptors (Lipinski definition) is 4. The number of aromatic carboxylic acids is 1. The van der Waals surface area contributed by atoms with Gasteiger partial charge in [0.05, 0.1) is 17.3 Å². The van der Waals surface area contributed by atoms with E-state index in [9.17, 15) is 9.59 Å². The van der Waals surface area contributed by atoms with Crippen molar-refractivity contribution < 1.29 is 14.7 Å². The van der Waals surface area contributed by atoms with E-state index in [1.165, 1.54) is 0 Å². The summed E-state index contributed by atoms with van der Waals surface area (Å²) in [5, 5.41) is 12.7. The molecule has 2 atom stereocenters. The zero-order chi connectivity index (χ0) is 21.3. The number of carboxylic acids is 1. The van der Waals surface area contributed by atoms with Crippen molar-refractivity contribution >= 4 is 23.3 Å². The zero-order valence-corrected chi connectivity index (χ0v) is 16.9. The molecule has 0 unspecified atom stereocenters. The number of aromatic nitrogens is 1. The highest BCUT2D eigenvalue weighted by Crippen LogP contribution is 2.41. The van der Waals surface area contributed by atoms with E-state index in [2.05, 4.69) is 23.3 Å². The van der Waals surface area contributed by atoms with Gasteiger partial charge in [0.25, 0.3) is 0 Å². The van der Waals surface area contributed by atoms with Gasteiger partial charge in [-0.3, -0.25) is 9.78 Å². The normalized spacial score (nSPS) is 17.9. The second-order valence-electron chi connectivity index (χ2n) is 7.57. The number of pyridine rings is 1. The molecule has 30 heavy (non-hydrogen) atoms. The van der Waals surface area contributed by atoms with Crippen molar-refractivity contribution in [3.05, 3.63) is 78.1 Å². The lowest BCUT2D eigenvalue weighted by Crippen LogP contribution is -2.43. The van der Waals surface area contributed by atoms with Crippen LogP contribution in [0.25, 0.3) is 11.1 Å². The summed E-state index contributed by atoms with van der Waals surface area (Å²) >= 11 is 0. The van der Waals surface area contributed by atoms with E-state index in [0.717, 1.165) is 34.5 Å². The lowest BCUT2D eigenvalue weighted by molar-refractivity contribution is -0.117. The number of carbonyl (C=O) groups excluding carboxylic acids is 1. The summed E-state index contributed by atoms with van der Waals surface area (Å²) < 4.78 is 0. The number of nitrogens with one attached hydrogen (secondary N) is 1. The van der Waals surface area contributed by atoms with Gasteiger partial charge in [-0.15, -0.1) is 0 Å². The molecule has 1 amide bonds. The number of amides is 1. The predicted molar refractivity (Wildman–Crippen MR) is 117 cm³/mol. The second-order valence-corrected chi connectivity index (χ2v) is 7.57. The molecule has 6 heteroatoms. The quantitative estimate of drug-likeness (QED) is 0.659. The Morgan fingerprint density at radius 3 is 2.47 bits per heavy atom. The Labute approximate surface area is 175 Å². The number of nitrogens with zero attached hydrogens (tertiary/aromatic N) is 2. The molecule has 0 saturated carbocycles. The molecule has 0 saturated heterocycles. The number of hydrogen-bond donors (Lipinski definition) is 2. The highest BCUT2D eigenvalue weighted by atomic mass is 16.4. The summed E-state index contributed by atoms with van der Waals surface area (Å²) in [5.74, 6) is -0.930. The summed E-state index contributed by atoms with van der Waals surface area (Å²) in [7, 11) is 0. The number of carbonyl (C=O) groups is 2. The Bertz CT molecular complexity index is 1080. The van der Waals surface area contributed by atoms with Crippen LogP contribution in [0, 0.1) is 0 Å². The fourth-order valence-electron chi connectivity index (χ4n) is 4.11. The number of rotatable bonds is 4. The molecule has 0 fully saturated rings. The molecule has 152 valence electrons. The SMILES string of the molecule is CC(=O)N1c2ccc(-c3ccc(C(=O)O)cc3)cc2[C@@H](Nc2cccnc2)C[C@H]1C. The zero-order valence-electron chi connectivity index (χ0n) is 16.9. The third-order valence-corrected chi connectivity index (χ3v) is 5.49. The van der Waals surface area contributed by atoms with Crippen LogP contribution in [-0.2, 0) is 4.79 Å². The van der Waals surface area contributed by atoms with Crippen LogP contribution >= 0.6 is 0 Å². The number of anilines is 2. The number of benzene rings is 2. The van der Waals surface area contributed by atoms with Crippen molar-refractivity contribution in [2.75, 3.05) is 10.2 Å². The molecule has 0 radical (unpaired) electrons. The van der Waals surface area contributed by atoms with E-state index < -0.39 is 5.97 Å². The molecular weight excluding hydrogens is 378 g/mol. The van der Waals surface area contributed by atoms with Gasteiger partial charge in [-0.05, 0) is 66.4 Å². The molecular formula is C24H23N3O3. The third kappa shape index (κ3) is 3.76. The van der Waals surface area contributed by atoms with Gasteiger partial charge in [-0.25, -0.2) is 4.79 Å². The molecule has 2 N–H and O–H groups in total. The van der Waals surface area contributed by atoms with Gasteiger partial charge < -0.3 is 15.3 Å². The van der Waals surface area contributed by atoms with Crippen LogP contribution in [0.1, 0.15) is 42.2 Å². The lowest BCUT2D eigenvalue weighted by Gasteiger charge is -2.39. The first kappa shape index (κ1) is 19.6. The van der Waals surface area contributed by atoms with Gasteiger partial charge in [-0.1, -0.05) is 18.2 Å². The fraction of sp³-hybridized carbons (Fsp3) is 0.208. The van der Waals surface area contributed by atoms with Crippen LogP contribution in [0.3, 0.4) is 0 Å². The largest absolute Gasteiger partial charge is 0.478 e. The monoisotopic (exact) mass is 401 g/mol. The maximum atomic E-state index is 12.3. The molecule has 0 bridgehead atoms. The minimum Gasteiger partial charge on any atom is -0.478 e. The van der Waals surface area contributed by atoms with Gasteiger partial charge in [-0.2, -0.15) is 0 Å². The smallest absolute Gasteiger partial charge is 0.335 e. The average Bonchev–Trinajstić information content (AvgIpc) is 2.74. The highest BCUT2D eigenvalue weighted by molar-refractivity contribution is 5.94. The van der Waals surface area contributed by atoms with E-state index in [-0.39, 0.29) is 23.6 Å². The first-order valence-corrected chi connectivity index (χ1v) is 9.88. The molecule has 0 spiro atoms. The molecule has 2 heterocycles. The van der Waals surface area contributed by atoms with Gasteiger partial charge in [0, 0.05) is 31.0 Å². The number of carboxylic acid groups (broad SMARTS) is 1. The Balaban J connectivity index is 1.76. The maximum absolute atomic E-state index is 12.3. The fourth-order valence-corrected chi connectivity index (χ4v) is 4.11. The van der Waals surface area contributed by atoms with Crippen molar-refractivity contribution in [2.24, 2.45) is 0 Å². The van der Waals surface area contributed by atoms with Crippen LogP contribution in [0.4, 0.5) is 11.4 Å². The van der Waals surface area contributed by atoms with Crippen molar-refractivity contribution in [1.29, 1.82) is 0 Å². The summed E-state index contributed by atoms with van der Waals surface area (Å²) in [6, 6.07) is 16.8. The topological polar surface area (TPSA) is 82.5 Å². The minimum absolute atomic E-state index is 0.0159. The second kappa shape index (κ2) is 7.99. The van der Waals surface area contributed by atoms with E-state index in [0.29, 0.717) is 0 Å². The molecule has 2 aromatic carbocycles. The van der Waals surface area contributed by atoms with E-state index in [1.807, 2.05) is 41.3 Å². The van der Waals surface area contributed by atoms with E-state index in [4.69, 9.17) is 5.11 Å². The molecule has 4 rings (SSSR count). The van der Waals surface area contributed by atoms with Gasteiger partial charge >= 0.3 is 5.97 Å². The average molecular weight is 401 g/mol. The standard InChI is InChI=1S/C24H23N3O3/c1-15-12-22(26-20-4-3-11-25-14-20)21-13-19(9-10-23(21)27(15)16(2)28)17-5-7-18(8-6-17)24(29)30/h3-11,13-15,22,26H,12H2,1-2H3,(H,29,30)/t15-,22+/m1/s1. The molecule has 1 aliphatic heterocycles. The summed E-state index contributed by atoms with van der Waals surface area (Å²) in [6.45, 7) is 3.65. The molecule has 6 nitrogen and oxygen atoms in total. The van der Waals surface area contributed by atoms with Crippen LogP contribution in [0.5, 0.6) is 0 Å². The third-order valence-electron chi connectivity index (χ3n) is 5.49. The van der Waals surface area contributed by atoms with Crippen LogP contribution < -0.4 is 10.2 Å². The Kier molecular flexibility index (Phi) is 5.23. The molecule has 0 aliphatic carbocycles. The maximum Gasteiger partial charge on any atom is 0.335 e. The van der Waals surface area contributed by atoms with Crippen molar-refractivity contribution in [3.63, 3.8) is 0 Å². The van der Waals surface area contributed by atoms with E-state index >= 15 is 0 Å². The first-order chi connectivity index (χ1) is 14.4. The van der Waals surface area contributed by atoms with Gasteiger partial charge in [0.2, 0.25) is 5.91 Å². The van der Waals surface area contributed by atoms with Crippen molar-refractivity contribution in [1.82, 2.24) is 4.98 Å². The lowest BCUT2D eigenvalue weighted by atomic mass is 9.89. The Morgan fingerprint density at radius 1 is 1.10 bits per heavy atom. The number of fused-ring (bicyclic) bond motifs is 1. The van der Waals surface area contributed by atoms with Crippen LogP contribution in [-0.4, -0.2) is 28.0 Å². The summed E-state index contributed by atoms with van der Waals surface area (Å²) in [6.07, 6.45) is 4.29. The minimum atomic E-state index is -0.946. The predicted octanol–water partition coefficient (Wildman–Crippen LogP) is 4.75. The van der Waals surface area contributed by atoms with Crippen LogP contribution in [0.15, 0.2) is 67.0 Å². The Hall–Kier alpha value is -3.67. The first-order valence-electron chi connectivity index (χ1n) is 9.88. The van der Waals surface area contributed by atoms with Crippen molar-refractivity contribution in [3.8, 4) is 11.1 Å². The van der Waals surface area contributed by atoms with Crippen LogP contribution in [0.2, 0.25) is 0 Å². The van der Waals surface area contributed by atoms with Crippen molar-refractivity contribution in [2.45, 2.75) is 32.4 Å². The molecule has 1 aliphatic rings. The summed E-state index contributed by atoms with van der Waals surface area (Å²) in [5.41, 5.74) is 5.01. The Morgan fingerprint density at radius 2 is 1.83 bits per heavy atom. The summed E-state index contributed by atoms with van der Waals surface area (Å²) in [4.78, 5) is 29.5.